The molecule has 0 aliphatic rings. The molecule has 0 spiro atoms. The van der Waals surface area contributed by atoms with E-state index in [4.69, 9.17) is 0 Å². The van der Waals surface area contributed by atoms with Gasteiger partial charge in [-0.1, -0.05) is 36.4 Å². The second-order valence-corrected chi connectivity index (χ2v) is 9.89. The van der Waals surface area contributed by atoms with Crippen molar-refractivity contribution in [2.45, 2.75) is 49.1 Å². The first-order valence-electron chi connectivity index (χ1n) is 9.23. The normalized spacial score (nSPS) is 14.3. The lowest BCUT2D eigenvalue weighted by Gasteiger charge is -2.28. The summed E-state index contributed by atoms with van der Waals surface area (Å²) in [4.78, 5) is 11.5. The summed E-state index contributed by atoms with van der Waals surface area (Å²) in [5, 5.41) is 11.2. The lowest BCUT2D eigenvalue weighted by molar-refractivity contribution is -0.164. The Balaban J connectivity index is 0.00000512. The number of aliphatic carboxylic acids is 1. The minimum atomic E-state index is -4.81. The lowest BCUT2D eigenvalue weighted by Crippen LogP contribution is -3.00. The molecule has 2 rings (SSSR count). The fraction of sp³-hybridized carbons (Fsp3) is 0.381. The van der Waals surface area contributed by atoms with Crippen LogP contribution in [0.1, 0.15) is 31.9 Å². The number of alkyl halides is 4. The topological polar surface area (TPSA) is 83.5 Å². The minimum absolute atomic E-state index is 0. The Morgan fingerprint density at radius 1 is 0.969 bits per heavy atom. The van der Waals surface area contributed by atoms with Gasteiger partial charge in [0.25, 0.3) is 0 Å². The zero-order chi connectivity index (χ0) is 23.6. The maximum atomic E-state index is 13.9. The van der Waals surface area contributed by atoms with Crippen LogP contribution >= 0.6 is 0 Å². The summed E-state index contributed by atoms with van der Waals surface area (Å²) in [6.07, 6.45) is -4.39. The van der Waals surface area contributed by atoms with Crippen molar-refractivity contribution in [3.8, 4) is 11.1 Å². The molecule has 2 aromatic rings. The van der Waals surface area contributed by atoms with Crippen molar-refractivity contribution in [2.75, 3.05) is 6.26 Å². The van der Waals surface area contributed by atoms with E-state index in [2.05, 4.69) is 0 Å². The highest BCUT2D eigenvalue weighted by Crippen LogP contribution is 2.35. The number of rotatable bonds is 8. The number of carboxylic acids is 1. The van der Waals surface area contributed by atoms with Crippen molar-refractivity contribution >= 4 is 15.8 Å². The van der Waals surface area contributed by atoms with E-state index in [0.717, 1.165) is 20.1 Å². The van der Waals surface area contributed by atoms with Crippen LogP contribution in [0.25, 0.3) is 11.1 Å². The standard InChI is InChI=1S/C21H23F4NO4S.ClH/c1-20(2,22)12-17(19(27)28)26-18(21(23,24)25)15-6-4-13(5-7-15)14-8-10-16(11-9-14)31(3,29)30;/h4-11,17-18,26H,12H2,1-3H3,(H,27,28);1H/p-1/t17-,18-;/m0./s1. The first-order valence-corrected chi connectivity index (χ1v) is 11.1. The highest BCUT2D eigenvalue weighted by Gasteiger charge is 2.43. The van der Waals surface area contributed by atoms with Gasteiger partial charge in [-0.3, -0.25) is 10.1 Å². The number of halogens is 5. The first-order chi connectivity index (χ1) is 14.1. The van der Waals surface area contributed by atoms with E-state index in [9.17, 15) is 35.9 Å². The van der Waals surface area contributed by atoms with Gasteiger partial charge in [0, 0.05) is 12.7 Å². The fourth-order valence-electron chi connectivity index (χ4n) is 3.05. The van der Waals surface area contributed by atoms with Crippen molar-refractivity contribution in [1.29, 1.82) is 0 Å². The van der Waals surface area contributed by atoms with Crippen LogP contribution < -0.4 is 17.7 Å². The number of hydrogen-bond acceptors (Lipinski definition) is 4. The Kier molecular flexibility index (Phi) is 8.87. The number of benzene rings is 2. The predicted molar refractivity (Wildman–Crippen MR) is 108 cm³/mol. The highest BCUT2D eigenvalue weighted by atomic mass is 35.5. The van der Waals surface area contributed by atoms with E-state index in [1.807, 2.05) is 5.32 Å². The second-order valence-electron chi connectivity index (χ2n) is 7.87. The molecule has 2 aromatic carbocycles. The molecule has 0 heterocycles. The van der Waals surface area contributed by atoms with Crippen molar-refractivity contribution in [3.05, 3.63) is 54.1 Å². The number of carbonyl (C=O) groups is 1. The summed E-state index contributed by atoms with van der Waals surface area (Å²) < 4.78 is 77.9. The highest BCUT2D eigenvalue weighted by molar-refractivity contribution is 7.90. The Morgan fingerprint density at radius 3 is 1.75 bits per heavy atom. The molecule has 2 N–H and O–H groups in total. The van der Waals surface area contributed by atoms with Gasteiger partial charge < -0.3 is 17.5 Å². The van der Waals surface area contributed by atoms with Crippen LogP contribution in [-0.2, 0) is 14.6 Å². The van der Waals surface area contributed by atoms with Crippen LogP contribution in [0.5, 0.6) is 0 Å². The number of hydrogen-bond donors (Lipinski definition) is 2. The summed E-state index contributed by atoms with van der Waals surface area (Å²) in [5.74, 6) is -1.58. The monoisotopic (exact) mass is 496 g/mol. The van der Waals surface area contributed by atoms with Crippen LogP contribution in [0.4, 0.5) is 17.6 Å². The Morgan fingerprint density at radius 2 is 1.41 bits per heavy atom. The van der Waals surface area contributed by atoms with E-state index in [1.165, 1.54) is 48.5 Å². The molecule has 0 aromatic heterocycles. The molecule has 11 heteroatoms. The molecular formula is C21H23ClF4NO4S-. The Labute approximate surface area is 190 Å². The average Bonchev–Trinajstić information content (AvgIpc) is 2.62. The first kappa shape index (κ1) is 27.9. The van der Waals surface area contributed by atoms with Crippen LogP contribution in [0.2, 0.25) is 0 Å². The van der Waals surface area contributed by atoms with Crippen LogP contribution in [0.3, 0.4) is 0 Å². The third-order valence-electron chi connectivity index (χ3n) is 4.54. The fourth-order valence-corrected chi connectivity index (χ4v) is 3.68. The minimum Gasteiger partial charge on any atom is -1.00 e. The zero-order valence-electron chi connectivity index (χ0n) is 17.5. The summed E-state index contributed by atoms with van der Waals surface area (Å²) in [6, 6.07) is 7.05. The Bertz CT molecular complexity index is 1020. The maximum absolute atomic E-state index is 13.9. The van der Waals surface area contributed by atoms with Crippen molar-refractivity contribution in [1.82, 2.24) is 5.32 Å². The van der Waals surface area contributed by atoms with E-state index in [1.54, 1.807) is 0 Å². The molecule has 0 unspecified atom stereocenters. The van der Waals surface area contributed by atoms with Gasteiger partial charge in [0.2, 0.25) is 0 Å². The van der Waals surface area contributed by atoms with E-state index in [0.29, 0.717) is 11.1 Å². The Hall–Kier alpha value is -2.17. The van der Waals surface area contributed by atoms with Crippen molar-refractivity contribution in [3.63, 3.8) is 0 Å². The second kappa shape index (κ2) is 10.2. The largest absolute Gasteiger partial charge is 1.00 e. The lowest BCUT2D eigenvalue weighted by atomic mass is 9.97. The summed E-state index contributed by atoms with van der Waals surface area (Å²) >= 11 is 0. The molecule has 2 atom stereocenters. The van der Waals surface area contributed by atoms with Crippen LogP contribution in [0.15, 0.2) is 53.4 Å². The number of nitrogens with one attached hydrogen (secondary N) is 1. The van der Waals surface area contributed by atoms with Gasteiger partial charge in [-0.05, 0) is 42.7 Å². The third kappa shape index (κ3) is 7.75. The number of carboxylic acid groups (broad SMARTS) is 1. The molecule has 0 amide bonds. The van der Waals surface area contributed by atoms with Crippen molar-refractivity contribution in [2.24, 2.45) is 0 Å². The molecule has 178 valence electrons. The molecule has 0 aliphatic heterocycles. The summed E-state index contributed by atoms with van der Waals surface area (Å²) in [6.45, 7) is 2.19. The van der Waals surface area contributed by atoms with Crippen LogP contribution in [-0.4, -0.2) is 43.6 Å². The van der Waals surface area contributed by atoms with Gasteiger partial charge in [-0.2, -0.15) is 13.2 Å². The maximum Gasteiger partial charge on any atom is 0.407 e. The zero-order valence-corrected chi connectivity index (χ0v) is 19.0. The van der Waals surface area contributed by atoms with Gasteiger partial charge in [-0.15, -0.1) is 0 Å². The molecule has 0 saturated carbocycles. The number of sulfone groups is 1. The van der Waals surface area contributed by atoms with Gasteiger partial charge in [-0.25, -0.2) is 12.8 Å². The predicted octanol–water partition coefficient (Wildman–Crippen LogP) is 1.55. The molecule has 0 fully saturated rings. The van der Waals surface area contributed by atoms with Crippen LogP contribution in [0, 0.1) is 0 Å². The SMILES string of the molecule is CC(C)(F)C[C@H](N[C@@H](c1ccc(-c2ccc(S(C)(=O)=O)cc2)cc1)C(F)(F)F)C(=O)O.[Cl-]. The van der Waals surface area contributed by atoms with E-state index >= 15 is 0 Å². The van der Waals surface area contributed by atoms with Gasteiger partial charge >= 0.3 is 12.1 Å². The average molecular weight is 497 g/mol. The molecule has 0 bridgehead atoms. The van der Waals surface area contributed by atoms with E-state index < -0.39 is 46.2 Å². The quantitative estimate of drug-likeness (QED) is 0.542. The van der Waals surface area contributed by atoms with E-state index in [-0.39, 0.29) is 22.9 Å². The molecule has 0 radical (unpaired) electrons. The smallest absolute Gasteiger partial charge is 0.407 e. The van der Waals surface area contributed by atoms with Crippen molar-refractivity contribution < 1.29 is 48.3 Å². The summed E-state index contributed by atoms with van der Waals surface area (Å²) in [5.41, 5.74) is -1.07. The molecule has 0 aliphatic carbocycles. The molecular weight excluding hydrogens is 474 g/mol. The molecule has 32 heavy (non-hydrogen) atoms. The molecule has 0 saturated heterocycles. The van der Waals surface area contributed by atoms with Gasteiger partial charge in [0.1, 0.15) is 17.8 Å². The summed E-state index contributed by atoms with van der Waals surface area (Å²) in [7, 11) is -3.38. The third-order valence-corrected chi connectivity index (χ3v) is 5.67. The van der Waals surface area contributed by atoms with Gasteiger partial charge in [0.15, 0.2) is 9.84 Å². The van der Waals surface area contributed by atoms with Gasteiger partial charge in [0.05, 0.1) is 4.90 Å². The molecule has 5 nitrogen and oxygen atoms in total.